The van der Waals surface area contributed by atoms with E-state index in [1.165, 1.54) is 0 Å². The number of rotatable bonds is 6. The molecule has 1 heterocycles. The van der Waals surface area contributed by atoms with Crippen LogP contribution in [0.15, 0.2) is 24.3 Å². The number of aliphatic hydroxyl groups is 1. The lowest BCUT2D eigenvalue weighted by Gasteiger charge is -2.28. The number of nitrogens with zero attached hydrogens (tertiary/aromatic N) is 2. The zero-order valence-corrected chi connectivity index (χ0v) is 13.7. The number of aromatic nitrogens is 2. The molecule has 0 amide bonds. The lowest BCUT2D eigenvalue weighted by atomic mass is 9.87. The van der Waals surface area contributed by atoms with E-state index < -0.39 is 0 Å². The lowest BCUT2D eigenvalue weighted by molar-refractivity contribution is 0.126. The molecule has 2 aromatic rings. The van der Waals surface area contributed by atoms with Gasteiger partial charge in [0.25, 0.3) is 0 Å². The molecule has 0 saturated heterocycles. The van der Waals surface area contributed by atoms with Crippen molar-refractivity contribution in [3.05, 3.63) is 30.1 Å². The van der Waals surface area contributed by atoms with Gasteiger partial charge in [0.05, 0.1) is 23.2 Å². The predicted octanol–water partition coefficient (Wildman–Crippen LogP) is 3.02. The second-order valence-corrected chi connectivity index (χ2v) is 6.84. The van der Waals surface area contributed by atoms with Crippen molar-refractivity contribution in [2.45, 2.75) is 46.3 Å². The Bertz CT molecular complexity index is 601. The molecule has 2 unspecified atom stereocenters. The first-order valence-corrected chi connectivity index (χ1v) is 7.63. The van der Waals surface area contributed by atoms with Crippen LogP contribution < -0.4 is 5.32 Å². The number of hydrogen-bond acceptors (Lipinski definition) is 3. The zero-order valence-electron chi connectivity index (χ0n) is 13.7. The summed E-state index contributed by atoms with van der Waals surface area (Å²) in [5, 5.41) is 13.1. The predicted molar refractivity (Wildman–Crippen MR) is 87.2 cm³/mol. The van der Waals surface area contributed by atoms with E-state index in [-0.39, 0.29) is 17.6 Å². The maximum atomic E-state index is 9.57. The summed E-state index contributed by atoms with van der Waals surface area (Å²) in [6.45, 7) is 9.18. The third kappa shape index (κ3) is 3.83. The van der Waals surface area contributed by atoms with Crippen LogP contribution in [0.2, 0.25) is 0 Å². The molecule has 21 heavy (non-hydrogen) atoms. The van der Waals surface area contributed by atoms with E-state index in [0.717, 1.165) is 29.8 Å². The Morgan fingerprint density at radius 3 is 2.57 bits per heavy atom. The topological polar surface area (TPSA) is 50.1 Å². The van der Waals surface area contributed by atoms with Gasteiger partial charge in [0.15, 0.2) is 0 Å². The number of aliphatic hydroxyl groups excluding tert-OH is 1. The second-order valence-electron chi connectivity index (χ2n) is 6.84. The van der Waals surface area contributed by atoms with Crippen LogP contribution in [-0.4, -0.2) is 27.3 Å². The summed E-state index contributed by atoms with van der Waals surface area (Å²) in [7, 11) is 2.06. The highest BCUT2D eigenvalue weighted by Gasteiger charge is 2.22. The molecule has 4 heteroatoms. The molecule has 0 radical (unpaired) electrons. The van der Waals surface area contributed by atoms with Crippen molar-refractivity contribution in [2.75, 3.05) is 6.54 Å². The molecule has 0 aliphatic carbocycles. The van der Waals surface area contributed by atoms with Gasteiger partial charge in [0.1, 0.15) is 5.82 Å². The van der Waals surface area contributed by atoms with Gasteiger partial charge in [-0.05, 0) is 37.8 Å². The van der Waals surface area contributed by atoms with Crippen molar-refractivity contribution < 1.29 is 5.11 Å². The normalized spacial score (nSPS) is 15.3. The lowest BCUT2D eigenvalue weighted by Crippen LogP contribution is -2.34. The summed E-state index contributed by atoms with van der Waals surface area (Å²) in [4.78, 5) is 4.72. The van der Waals surface area contributed by atoms with E-state index in [1.807, 2.05) is 25.1 Å². The number of para-hydroxylation sites is 2. The molecule has 0 aliphatic rings. The standard InChI is InChI=1S/C17H27N3O/c1-12(21)10-17(3,4)11-18-13(2)16-19-14-8-6-7-9-15(14)20(16)5/h6-9,12-13,18,21H,10-11H2,1-5H3. The van der Waals surface area contributed by atoms with Crippen molar-refractivity contribution in [1.29, 1.82) is 0 Å². The minimum Gasteiger partial charge on any atom is -0.393 e. The Morgan fingerprint density at radius 2 is 1.95 bits per heavy atom. The fourth-order valence-electron chi connectivity index (χ4n) is 2.94. The van der Waals surface area contributed by atoms with Crippen molar-refractivity contribution in [3.8, 4) is 0 Å². The molecular formula is C17H27N3O. The van der Waals surface area contributed by atoms with E-state index in [4.69, 9.17) is 4.98 Å². The van der Waals surface area contributed by atoms with Crippen LogP contribution in [-0.2, 0) is 7.05 Å². The molecule has 2 rings (SSSR count). The van der Waals surface area contributed by atoms with Crippen LogP contribution in [0.3, 0.4) is 0 Å². The zero-order chi connectivity index (χ0) is 15.6. The van der Waals surface area contributed by atoms with Crippen LogP contribution in [0.1, 0.15) is 46.0 Å². The second kappa shape index (κ2) is 6.16. The molecule has 0 aliphatic heterocycles. The highest BCUT2D eigenvalue weighted by Crippen LogP contribution is 2.24. The SMILES string of the molecule is CC(O)CC(C)(C)CNC(C)c1nc2ccccc2n1C. The van der Waals surface area contributed by atoms with Gasteiger partial charge in [-0.25, -0.2) is 4.98 Å². The summed E-state index contributed by atoms with van der Waals surface area (Å²) in [5.41, 5.74) is 2.25. The molecule has 0 spiro atoms. The Balaban J connectivity index is 2.09. The molecule has 0 saturated carbocycles. The molecule has 0 bridgehead atoms. The number of nitrogens with one attached hydrogen (secondary N) is 1. The molecule has 1 aromatic carbocycles. The van der Waals surface area contributed by atoms with E-state index >= 15 is 0 Å². The largest absolute Gasteiger partial charge is 0.393 e. The molecular weight excluding hydrogens is 262 g/mol. The third-order valence-corrected chi connectivity index (χ3v) is 3.94. The van der Waals surface area contributed by atoms with Crippen molar-refractivity contribution in [3.63, 3.8) is 0 Å². The fraction of sp³-hybridized carbons (Fsp3) is 0.588. The van der Waals surface area contributed by atoms with E-state index in [2.05, 4.69) is 43.8 Å². The van der Waals surface area contributed by atoms with Gasteiger partial charge in [0, 0.05) is 13.6 Å². The van der Waals surface area contributed by atoms with E-state index in [0.29, 0.717) is 0 Å². The Labute approximate surface area is 127 Å². The van der Waals surface area contributed by atoms with E-state index in [1.54, 1.807) is 0 Å². The van der Waals surface area contributed by atoms with Crippen LogP contribution in [0.5, 0.6) is 0 Å². The fourth-order valence-corrected chi connectivity index (χ4v) is 2.94. The number of aryl methyl sites for hydroxylation is 1. The average molecular weight is 289 g/mol. The molecule has 4 nitrogen and oxygen atoms in total. The summed E-state index contributed by atoms with van der Waals surface area (Å²) >= 11 is 0. The first-order valence-electron chi connectivity index (χ1n) is 7.63. The van der Waals surface area contributed by atoms with Crippen LogP contribution in [0, 0.1) is 5.41 Å². The summed E-state index contributed by atoms with van der Waals surface area (Å²) < 4.78 is 2.15. The van der Waals surface area contributed by atoms with Crippen molar-refractivity contribution in [2.24, 2.45) is 12.5 Å². The van der Waals surface area contributed by atoms with Gasteiger partial charge in [-0.15, -0.1) is 0 Å². The molecule has 1 aromatic heterocycles. The first kappa shape index (κ1) is 16.0. The van der Waals surface area contributed by atoms with Gasteiger partial charge < -0.3 is 15.0 Å². The maximum absolute atomic E-state index is 9.57. The highest BCUT2D eigenvalue weighted by molar-refractivity contribution is 5.75. The molecule has 2 N–H and O–H groups in total. The van der Waals surface area contributed by atoms with Crippen LogP contribution >= 0.6 is 0 Å². The average Bonchev–Trinajstić information content (AvgIpc) is 2.73. The minimum atomic E-state index is -0.271. The van der Waals surface area contributed by atoms with Gasteiger partial charge in [-0.1, -0.05) is 26.0 Å². The monoisotopic (exact) mass is 289 g/mol. The number of hydrogen-bond donors (Lipinski definition) is 2. The third-order valence-electron chi connectivity index (χ3n) is 3.94. The van der Waals surface area contributed by atoms with Gasteiger partial charge in [-0.3, -0.25) is 0 Å². The molecule has 116 valence electrons. The number of benzene rings is 1. The Hall–Kier alpha value is -1.39. The maximum Gasteiger partial charge on any atom is 0.126 e. The van der Waals surface area contributed by atoms with Gasteiger partial charge in [0.2, 0.25) is 0 Å². The summed E-state index contributed by atoms with van der Waals surface area (Å²) in [6.07, 6.45) is 0.516. The summed E-state index contributed by atoms with van der Waals surface area (Å²) in [5.74, 6) is 1.05. The van der Waals surface area contributed by atoms with Gasteiger partial charge in [-0.2, -0.15) is 0 Å². The Morgan fingerprint density at radius 1 is 1.29 bits per heavy atom. The smallest absolute Gasteiger partial charge is 0.126 e. The molecule has 2 atom stereocenters. The highest BCUT2D eigenvalue weighted by atomic mass is 16.3. The van der Waals surface area contributed by atoms with E-state index in [9.17, 15) is 5.11 Å². The van der Waals surface area contributed by atoms with Crippen molar-refractivity contribution >= 4 is 11.0 Å². The first-order chi connectivity index (χ1) is 9.80. The Kier molecular flexibility index (Phi) is 4.69. The van der Waals surface area contributed by atoms with Crippen LogP contribution in [0.4, 0.5) is 0 Å². The quantitative estimate of drug-likeness (QED) is 0.859. The van der Waals surface area contributed by atoms with Crippen molar-refractivity contribution in [1.82, 2.24) is 14.9 Å². The van der Waals surface area contributed by atoms with Crippen LogP contribution in [0.25, 0.3) is 11.0 Å². The minimum absolute atomic E-state index is 0.0625. The number of fused-ring (bicyclic) bond motifs is 1. The van der Waals surface area contributed by atoms with Gasteiger partial charge >= 0.3 is 0 Å². The number of imidazole rings is 1. The summed E-state index contributed by atoms with van der Waals surface area (Å²) in [6, 6.07) is 8.37. The molecule has 0 fully saturated rings.